The molecule has 2 unspecified atom stereocenters. The van der Waals surface area contributed by atoms with Crippen LogP contribution in [0.2, 0.25) is 10.0 Å². The van der Waals surface area contributed by atoms with Crippen LogP contribution in [0.5, 0.6) is 5.75 Å². The van der Waals surface area contributed by atoms with Crippen LogP contribution in [-0.2, 0) is 27.4 Å². The minimum atomic E-state index is -1.19. The number of nitrogens with one attached hydrogen (secondary N) is 1. The molecular weight excluding hydrogens is 444 g/mol. The molecule has 0 saturated heterocycles. The van der Waals surface area contributed by atoms with Crippen molar-refractivity contribution in [2.24, 2.45) is 5.92 Å². The summed E-state index contributed by atoms with van der Waals surface area (Å²) in [7, 11) is 0. The van der Waals surface area contributed by atoms with Crippen molar-refractivity contribution in [1.29, 1.82) is 0 Å². The number of carbonyl (C=O) groups is 2. The van der Waals surface area contributed by atoms with Crippen molar-refractivity contribution in [1.82, 2.24) is 5.32 Å². The van der Waals surface area contributed by atoms with Crippen LogP contribution in [-0.4, -0.2) is 29.3 Å². The molecule has 148 valence electrons. The number of hydrogen-bond donors (Lipinski definition) is 2. The van der Waals surface area contributed by atoms with Gasteiger partial charge in [0.15, 0.2) is 5.91 Å². The zero-order valence-electron chi connectivity index (χ0n) is 15.9. The van der Waals surface area contributed by atoms with Crippen LogP contribution < -0.4 is 61.4 Å². The summed E-state index contributed by atoms with van der Waals surface area (Å²) in [6, 6.07) is 10.8. The summed E-state index contributed by atoms with van der Waals surface area (Å²) in [5.41, 5.74) is 1.35. The van der Waals surface area contributed by atoms with Gasteiger partial charge in [0, 0.05) is 22.0 Å². The van der Waals surface area contributed by atoms with E-state index in [2.05, 4.69) is 5.32 Å². The molecule has 1 amide bonds. The minimum Gasteiger partial charge on any atom is -0.541 e. The second kappa shape index (κ2) is 12.7. The third kappa shape index (κ3) is 8.01. The fraction of sp³-hybridized carbons (Fsp3) is 0.250. The number of ether oxygens (including phenoxy) is 1. The van der Waals surface area contributed by atoms with Crippen molar-refractivity contribution in [3.8, 4) is 5.75 Å². The van der Waals surface area contributed by atoms with E-state index in [-0.39, 0.29) is 64.4 Å². The van der Waals surface area contributed by atoms with Gasteiger partial charge in [0.25, 0.3) is 0 Å². The Kier molecular flexibility index (Phi) is 11.4. The van der Waals surface area contributed by atoms with Gasteiger partial charge in [-0.05, 0) is 29.8 Å². The van der Waals surface area contributed by atoms with Gasteiger partial charge in [-0.2, -0.15) is 0 Å². The number of halogens is 2. The minimum absolute atomic E-state index is 0. The number of aliphatic carboxylic acids is 1. The maximum absolute atomic E-state index is 11.7. The molecule has 6 nitrogen and oxygen atoms in total. The van der Waals surface area contributed by atoms with Crippen molar-refractivity contribution >= 4 is 41.4 Å². The van der Waals surface area contributed by atoms with Crippen molar-refractivity contribution < 1.29 is 75.6 Å². The molecule has 0 heterocycles. The SMILES string of the molecule is CC([C-]=O)C(=O)NC(Cc1ccc(OCc2c(Cl)cccc2Cl)cc1)C(=O)O.[K+]. The fourth-order valence-electron chi connectivity index (χ4n) is 2.33. The maximum atomic E-state index is 11.7. The number of carbonyl (C=O) groups excluding carboxylic acids is 2. The van der Waals surface area contributed by atoms with E-state index < -0.39 is 23.8 Å². The second-order valence-corrected chi connectivity index (χ2v) is 6.89. The van der Waals surface area contributed by atoms with Gasteiger partial charge >= 0.3 is 57.4 Å². The number of rotatable bonds is 9. The van der Waals surface area contributed by atoms with E-state index in [1.54, 1.807) is 42.5 Å². The average Bonchev–Trinajstić information content (AvgIpc) is 2.67. The quantitative estimate of drug-likeness (QED) is 0.321. The molecule has 29 heavy (non-hydrogen) atoms. The molecule has 2 aromatic carbocycles. The van der Waals surface area contributed by atoms with Gasteiger partial charge in [-0.15, -0.1) is 0 Å². The molecule has 0 aromatic heterocycles. The van der Waals surface area contributed by atoms with Gasteiger partial charge in [-0.1, -0.05) is 54.2 Å². The Morgan fingerprint density at radius 1 is 1.14 bits per heavy atom. The van der Waals surface area contributed by atoms with Crippen molar-refractivity contribution in [2.45, 2.75) is 26.0 Å². The Labute approximate surface area is 221 Å². The molecule has 0 aliphatic heterocycles. The van der Waals surface area contributed by atoms with Crippen LogP contribution in [0.25, 0.3) is 0 Å². The van der Waals surface area contributed by atoms with Crippen LogP contribution in [0.1, 0.15) is 18.1 Å². The molecule has 2 N–H and O–H groups in total. The number of carboxylic acid groups (broad SMARTS) is 1. The van der Waals surface area contributed by atoms with Gasteiger partial charge in [0.05, 0.1) is 0 Å². The monoisotopic (exact) mass is 461 g/mol. The molecule has 0 radical (unpaired) electrons. The van der Waals surface area contributed by atoms with E-state index in [0.29, 0.717) is 26.9 Å². The summed E-state index contributed by atoms with van der Waals surface area (Å²) in [6.07, 6.45) is 1.58. The fourth-order valence-corrected chi connectivity index (χ4v) is 2.84. The third-order valence-electron chi connectivity index (χ3n) is 3.99. The Bertz CT molecular complexity index is 840. The van der Waals surface area contributed by atoms with Crippen molar-refractivity contribution in [3.05, 3.63) is 63.6 Å². The van der Waals surface area contributed by atoms with E-state index in [4.69, 9.17) is 27.9 Å². The van der Waals surface area contributed by atoms with Crippen LogP contribution in [0.15, 0.2) is 42.5 Å². The zero-order chi connectivity index (χ0) is 20.7. The van der Waals surface area contributed by atoms with Gasteiger partial charge in [0.2, 0.25) is 0 Å². The van der Waals surface area contributed by atoms with Gasteiger partial charge in [0.1, 0.15) is 18.4 Å². The summed E-state index contributed by atoms with van der Waals surface area (Å²) in [5.74, 6) is -2.35. The normalized spacial score (nSPS) is 12.2. The van der Waals surface area contributed by atoms with Crippen LogP contribution in [0.3, 0.4) is 0 Å². The molecule has 0 aliphatic rings. The second-order valence-electron chi connectivity index (χ2n) is 6.08. The summed E-state index contributed by atoms with van der Waals surface area (Å²) >= 11 is 12.2. The first kappa shape index (κ1) is 26.1. The third-order valence-corrected chi connectivity index (χ3v) is 4.70. The number of benzene rings is 2. The first-order valence-corrected chi connectivity index (χ1v) is 9.13. The molecule has 2 rings (SSSR count). The summed E-state index contributed by atoms with van der Waals surface area (Å²) in [5, 5.41) is 12.6. The summed E-state index contributed by atoms with van der Waals surface area (Å²) in [6.45, 7) is 1.53. The summed E-state index contributed by atoms with van der Waals surface area (Å²) in [4.78, 5) is 33.6. The molecule has 9 heteroatoms. The number of amides is 1. The van der Waals surface area contributed by atoms with Crippen LogP contribution in [0.4, 0.5) is 0 Å². The average molecular weight is 462 g/mol. The number of carboxylic acids is 1. The van der Waals surface area contributed by atoms with Gasteiger partial charge < -0.3 is 20.0 Å². The smallest absolute Gasteiger partial charge is 0.541 e. The number of hydrogen-bond acceptors (Lipinski definition) is 4. The Balaban J connectivity index is 0.00000420. The van der Waals surface area contributed by atoms with Crippen molar-refractivity contribution in [3.63, 3.8) is 0 Å². The van der Waals surface area contributed by atoms with Gasteiger partial charge in [-0.3, -0.25) is 11.1 Å². The standard InChI is InChI=1S/C20H18Cl2NO5.K/c1-12(10-24)19(25)23-18(20(26)27)9-13-5-7-14(8-6-13)28-11-15-16(21)3-2-4-17(15)22;/h2-8,12,18H,9,11H2,1H3,(H,23,25)(H,26,27);/q-1;+1. The predicted molar refractivity (Wildman–Crippen MR) is 105 cm³/mol. The van der Waals surface area contributed by atoms with E-state index >= 15 is 0 Å². The molecule has 0 aliphatic carbocycles. The van der Waals surface area contributed by atoms with Crippen LogP contribution in [0, 0.1) is 5.92 Å². The van der Waals surface area contributed by atoms with E-state index in [9.17, 15) is 19.5 Å². The zero-order valence-corrected chi connectivity index (χ0v) is 20.6. The van der Waals surface area contributed by atoms with Crippen molar-refractivity contribution in [2.75, 3.05) is 0 Å². The topological polar surface area (TPSA) is 92.7 Å². The van der Waals surface area contributed by atoms with Gasteiger partial charge in [-0.25, -0.2) is 4.79 Å². The van der Waals surface area contributed by atoms with E-state index in [1.165, 1.54) is 13.2 Å². The first-order chi connectivity index (χ1) is 13.3. The maximum Gasteiger partial charge on any atom is 1.00 e. The molecule has 0 fully saturated rings. The Morgan fingerprint density at radius 2 is 1.72 bits per heavy atom. The largest absolute Gasteiger partial charge is 1.00 e. The predicted octanol–water partition coefficient (Wildman–Crippen LogP) is 0.434. The molecule has 0 saturated carbocycles. The molecule has 2 atom stereocenters. The molecule has 0 spiro atoms. The molecular formula is C20H18Cl2KNO5. The Morgan fingerprint density at radius 3 is 2.24 bits per heavy atom. The first-order valence-electron chi connectivity index (χ1n) is 8.37. The molecule has 0 bridgehead atoms. The van der Waals surface area contributed by atoms with E-state index in [1.807, 2.05) is 0 Å². The molecule has 2 aromatic rings. The summed E-state index contributed by atoms with van der Waals surface area (Å²) < 4.78 is 5.67. The van der Waals surface area contributed by atoms with Crippen LogP contribution >= 0.6 is 23.2 Å². The Hall–Kier alpha value is -0.934. The van der Waals surface area contributed by atoms with E-state index in [0.717, 1.165) is 0 Å².